The van der Waals surface area contributed by atoms with Gasteiger partial charge in [-0.25, -0.2) is 14.6 Å². The van der Waals surface area contributed by atoms with Gasteiger partial charge in [-0.05, 0) is 37.1 Å². The normalized spacial score (nSPS) is 17.5. The highest BCUT2D eigenvalue weighted by atomic mass is 19.4. The number of benzodiazepines with no additional fused rings is 1. The molecule has 6 rings (SSSR count). The fourth-order valence-corrected chi connectivity index (χ4v) is 5.86. The van der Waals surface area contributed by atoms with Crippen LogP contribution in [0.3, 0.4) is 0 Å². The van der Waals surface area contributed by atoms with Crippen molar-refractivity contribution in [1.29, 1.82) is 0 Å². The lowest BCUT2D eigenvalue weighted by Crippen LogP contribution is -2.54. The first-order valence-corrected chi connectivity index (χ1v) is 14.2. The Labute approximate surface area is 254 Å². The van der Waals surface area contributed by atoms with E-state index in [4.69, 9.17) is 5.73 Å². The van der Waals surface area contributed by atoms with E-state index in [-0.39, 0.29) is 41.8 Å². The van der Waals surface area contributed by atoms with Crippen LogP contribution in [0.15, 0.2) is 82.6 Å². The molecule has 0 unspecified atom stereocenters. The molecular weight excluding hydrogens is 591 g/mol. The second-order valence-electron chi connectivity index (χ2n) is 10.9. The summed E-state index contributed by atoms with van der Waals surface area (Å²) in [6, 6.07) is 18.6. The molecule has 4 N–H and O–H groups in total. The first-order chi connectivity index (χ1) is 21.5. The SMILES string of the molecule is NC(=O)c1ccc2[nH]c(=O)n(C3CCN(C(=O)N[C@@H]4N=C(c5ccccc5)c5ccccc5N(CC(F)(F)F)C4=O)CC3)c2c1. The van der Waals surface area contributed by atoms with Crippen LogP contribution in [0.25, 0.3) is 11.0 Å². The molecule has 1 fully saturated rings. The van der Waals surface area contributed by atoms with Gasteiger partial charge in [-0.2, -0.15) is 13.2 Å². The maximum Gasteiger partial charge on any atom is 0.406 e. The van der Waals surface area contributed by atoms with Crippen molar-refractivity contribution < 1.29 is 27.6 Å². The number of rotatable bonds is 5. The van der Waals surface area contributed by atoms with Gasteiger partial charge in [0.15, 0.2) is 0 Å². The van der Waals surface area contributed by atoms with Gasteiger partial charge >= 0.3 is 17.9 Å². The van der Waals surface area contributed by atoms with E-state index in [0.29, 0.717) is 39.9 Å². The van der Waals surface area contributed by atoms with E-state index in [1.54, 1.807) is 54.6 Å². The number of aromatic nitrogens is 2. The van der Waals surface area contributed by atoms with Gasteiger partial charge in [-0.1, -0.05) is 48.5 Å². The molecule has 0 aliphatic carbocycles. The number of carbonyl (C=O) groups is 3. The van der Waals surface area contributed by atoms with Gasteiger partial charge < -0.3 is 20.9 Å². The van der Waals surface area contributed by atoms with Crippen molar-refractivity contribution in [2.24, 2.45) is 10.7 Å². The highest BCUT2D eigenvalue weighted by Crippen LogP contribution is 2.31. The number of urea groups is 1. The summed E-state index contributed by atoms with van der Waals surface area (Å²) in [4.78, 5) is 60.9. The Morgan fingerprint density at radius 2 is 1.67 bits per heavy atom. The smallest absolute Gasteiger partial charge is 0.366 e. The molecule has 3 aromatic carbocycles. The molecule has 14 heteroatoms. The Balaban J connectivity index is 1.26. The van der Waals surface area contributed by atoms with Crippen molar-refractivity contribution in [2.75, 3.05) is 24.5 Å². The molecule has 4 aromatic rings. The number of para-hydroxylation sites is 1. The number of aliphatic imine (C=N–C) groups is 1. The number of imidazole rings is 1. The number of nitrogens with one attached hydrogen (secondary N) is 2. The zero-order valence-corrected chi connectivity index (χ0v) is 23.8. The number of benzene rings is 3. The van der Waals surface area contributed by atoms with Gasteiger partial charge in [0.25, 0.3) is 5.91 Å². The van der Waals surface area contributed by atoms with Crippen molar-refractivity contribution in [1.82, 2.24) is 19.8 Å². The number of hydrogen-bond donors (Lipinski definition) is 3. The number of primary amides is 1. The van der Waals surface area contributed by atoms with Gasteiger partial charge in [-0.3, -0.25) is 19.1 Å². The molecule has 232 valence electrons. The van der Waals surface area contributed by atoms with E-state index in [9.17, 15) is 32.3 Å². The van der Waals surface area contributed by atoms with Crippen LogP contribution in [-0.2, 0) is 4.79 Å². The maximum absolute atomic E-state index is 13.7. The molecule has 1 aromatic heterocycles. The minimum atomic E-state index is -4.71. The van der Waals surface area contributed by atoms with Crippen LogP contribution in [0, 0.1) is 0 Å². The summed E-state index contributed by atoms with van der Waals surface area (Å²) in [5, 5.41) is 2.55. The molecule has 0 spiro atoms. The second-order valence-corrected chi connectivity index (χ2v) is 10.9. The first kappa shape index (κ1) is 29.7. The predicted molar refractivity (Wildman–Crippen MR) is 160 cm³/mol. The Kier molecular flexibility index (Phi) is 7.64. The van der Waals surface area contributed by atoms with Crippen LogP contribution in [0.2, 0.25) is 0 Å². The van der Waals surface area contributed by atoms with E-state index in [0.717, 1.165) is 0 Å². The molecule has 0 saturated carbocycles. The van der Waals surface area contributed by atoms with Crippen LogP contribution in [0.1, 0.15) is 40.4 Å². The molecule has 4 amide bonds. The summed E-state index contributed by atoms with van der Waals surface area (Å²) in [5.41, 5.74) is 7.52. The lowest BCUT2D eigenvalue weighted by molar-refractivity contribution is -0.133. The van der Waals surface area contributed by atoms with Gasteiger partial charge in [-0.15, -0.1) is 0 Å². The highest BCUT2D eigenvalue weighted by molar-refractivity contribution is 6.20. The van der Waals surface area contributed by atoms with Crippen LogP contribution < -0.4 is 21.6 Å². The lowest BCUT2D eigenvalue weighted by Gasteiger charge is -2.33. The quantitative estimate of drug-likeness (QED) is 0.314. The maximum atomic E-state index is 13.7. The summed E-state index contributed by atoms with van der Waals surface area (Å²) in [6.45, 7) is -1.18. The lowest BCUT2D eigenvalue weighted by atomic mass is 10.0. The topological polar surface area (TPSA) is 146 Å². The fourth-order valence-electron chi connectivity index (χ4n) is 5.86. The summed E-state index contributed by atoms with van der Waals surface area (Å²) < 4.78 is 42.7. The summed E-state index contributed by atoms with van der Waals surface area (Å²) >= 11 is 0. The number of amides is 4. The summed E-state index contributed by atoms with van der Waals surface area (Å²) in [6.07, 6.45) is -5.62. The van der Waals surface area contributed by atoms with E-state index < -0.39 is 36.7 Å². The molecule has 3 heterocycles. The van der Waals surface area contributed by atoms with Crippen molar-refractivity contribution in [3.63, 3.8) is 0 Å². The fraction of sp³-hybridized carbons (Fsp3) is 0.258. The third-order valence-electron chi connectivity index (χ3n) is 7.97. The predicted octanol–water partition coefficient (Wildman–Crippen LogP) is 3.55. The molecule has 2 aliphatic rings. The number of piperidine rings is 1. The van der Waals surface area contributed by atoms with Gasteiger partial charge in [0.2, 0.25) is 12.1 Å². The third-order valence-corrected chi connectivity index (χ3v) is 7.97. The average molecular weight is 620 g/mol. The molecular formula is C31H28F3N7O4. The molecule has 0 radical (unpaired) electrons. The molecule has 11 nitrogen and oxygen atoms in total. The molecule has 2 aliphatic heterocycles. The van der Waals surface area contributed by atoms with Crippen molar-refractivity contribution >= 4 is 40.3 Å². The zero-order chi connectivity index (χ0) is 31.9. The number of hydrogen-bond acceptors (Lipinski definition) is 5. The minimum Gasteiger partial charge on any atom is -0.366 e. The highest BCUT2D eigenvalue weighted by Gasteiger charge is 2.40. The monoisotopic (exact) mass is 619 g/mol. The Morgan fingerprint density at radius 1 is 0.978 bits per heavy atom. The number of nitrogens with zero attached hydrogens (tertiary/aromatic N) is 4. The van der Waals surface area contributed by atoms with Gasteiger partial charge in [0.1, 0.15) is 6.54 Å². The average Bonchev–Trinajstić information content (AvgIpc) is 3.31. The van der Waals surface area contributed by atoms with E-state index in [2.05, 4.69) is 15.3 Å². The number of anilines is 1. The minimum absolute atomic E-state index is 0.0312. The van der Waals surface area contributed by atoms with E-state index >= 15 is 0 Å². The number of nitrogens with two attached hydrogens (primary N) is 1. The summed E-state index contributed by atoms with van der Waals surface area (Å²) in [5.74, 6) is -1.66. The van der Waals surface area contributed by atoms with Gasteiger partial charge in [0, 0.05) is 35.8 Å². The second kappa shape index (κ2) is 11.6. The first-order valence-electron chi connectivity index (χ1n) is 14.2. The number of carbonyl (C=O) groups excluding carboxylic acids is 3. The summed E-state index contributed by atoms with van der Waals surface area (Å²) in [7, 11) is 0. The molecule has 0 bridgehead atoms. The van der Waals surface area contributed by atoms with E-state index in [1.165, 1.54) is 27.7 Å². The van der Waals surface area contributed by atoms with Crippen LogP contribution >= 0.6 is 0 Å². The Morgan fingerprint density at radius 3 is 2.36 bits per heavy atom. The van der Waals surface area contributed by atoms with Crippen LogP contribution in [0.5, 0.6) is 0 Å². The standard InChI is InChI=1S/C31H28F3N7O4/c32-31(33,34)17-40-23-9-5-4-8-21(23)25(18-6-2-1-3-7-18)37-27(28(40)43)38-29(44)39-14-12-20(13-15-39)41-24-16-19(26(35)42)10-11-22(24)36-30(41)45/h1-11,16,20,27H,12-15,17H2,(H2,35,42)(H,36,45)(H,38,44)/t27-/m0/s1. The molecule has 45 heavy (non-hydrogen) atoms. The Bertz CT molecular complexity index is 1880. The molecule has 1 saturated heterocycles. The zero-order valence-electron chi connectivity index (χ0n) is 23.8. The Hall–Kier alpha value is -5.40. The van der Waals surface area contributed by atoms with Crippen LogP contribution in [-0.4, -0.2) is 70.0 Å². The van der Waals surface area contributed by atoms with Crippen molar-refractivity contribution in [3.8, 4) is 0 Å². The van der Waals surface area contributed by atoms with Gasteiger partial charge in [0.05, 0.1) is 22.4 Å². The number of fused-ring (bicyclic) bond motifs is 2. The number of likely N-dealkylation sites (tertiary alicyclic amines) is 1. The number of aromatic amines is 1. The number of halogens is 3. The van der Waals surface area contributed by atoms with Crippen LogP contribution in [0.4, 0.5) is 23.7 Å². The molecule has 1 atom stereocenters. The third kappa shape index (κ3) is 5.90. The van der Waals surface area contributed by atoms with Crippen molar-refractivity contribution in [3.05, 3.63) is 100.0 Å². The largest absolute Gasteiger partial charge is 0.406 e. The number of H-pyrrole nitrogens is 1. The van der Waals surface area contributed by atoms with Crippen molar-refractivity contribution in [2.45, 2.75) is 31.2 Å². The van der Waals surface area contributed by atoms with E-state index in [1.807, 2.05) is 0 Å². The number of alkyl halides is 3.